The highest BCUT2D eigenvalue weighted by molar-refractivity contribution is 5.85. The zero-order valence-corrected chi connectivity index (χ0v) is 11.5. The van der Waals surface area contributed by atoms with Crippen LogP contribution in [0, 0.1) is 11.8 Å². The number of rotatable bonds is 2. The Bertz CT molecular complexity index is 263. The number of likely N-dealkylation sites (N-methyl/N-ethyl adjacent to an activating group) is 1. The second-order valence-corrected chi connectivity index (χ2v) is 5.89. The second kappa shape index (κ2) is 4.74. The lowest BCUT2D eigenvalue weighted by atomic mass is 9.84. The van der Waals surface area contributed by atoms with E-state index in [0.717, 1.165) is 6.54 Å². The Kier molecular flexibility index (Phi) is 4.00. The van der Waals surface area contributed by atoms with Crippen LogP contribution in [0.5, 0.6) is 0 Å². The molecule has 1 amide bonds. The summed E-state index contributed by atoms with van der Waals surface area (Å²) < 4.78 is 0. The summed E-state index contributed by atoms with van der Waals surface area (Å²) in [5.74, 6) is 1.43. The molecular formula is C13H26N2O. The van der Waals surface area contributed by atoms with E-state index in [1.807, 2.05) is 20.9 Å². The number of nitrogens with one attached hydrogen (secondary N) is 1. The van der Waals surface area contributed by atoms with E-state index in [4.69, 9.17) is 0 Å². The predicted molar refractivity (Wildman–Crippen MR) is 67.3 cm³/mol. The standard InChI is InChI=1S/C13H26N2O/c1-9-7-10(2)11(3)15(8-9)12(16)13(4,5)14-6/h9-11,14H,7-8H2,1-6H3. The van der Waals surface area contributed by atoms with Gasteiger partial charge in [0.2, 0.25) is 5.91 Å². The molecule has 0 saturated carbocycles. The van der Waals surface area contributed by atoms with E-state index in [0.29, 0.717) is 17.9 Å². The van der Waals surface area contributed by atoms with Crippen LogP contribution < -0.4 is 5.32 Å². The molecule has 1 saturated heterocycles. The average molecular weight is 226 g/mol. The van der Waals surface area contributed by atoms with Gasteiger partial charge in [-0.25, -0.2) is 0 Å². The predicted octanol–water partition coefficient (Wildman–Crippen LogP) is 1.88. The minimum atomic E-state index is -0.453. The van der Waals surface area contributed by atoms with Crippen molar-refractivity contribution in [2.24, 2.45) is 11.8 Å². The van der Waals surface area contributed by atoms with Gasteiger partial charge in [0, 0.05) is 12.6 Å². The minimum Gasteiger partial charge on any atom is -0.338 e. The first-order valence-electron chi connectivity index (χ1n) is 6.29. The summed E-state index contributed by atoms with van der Waals surface area (Å²) in [4.78, 5) is 14.5. The fourth-order valence-electron chi connectivity index (χ4n) is 2.45. The molecule has 0 spiro atoms. The van der Waals surface area contributed by atoms with E-state index in [1.165, 1.54) is 6.42 Å². The third-order valence-corrected chi connectivity index (χ3v) is 4.02. The van der Waals surface area contributed by atoms with Crippen LogP contribution in [0.4, 0.5) is 0 Å². The van der Waals surface area contributed by atoms with Crippen molar-refractivity contribution in [3.05, 3.63) is 0 Å². The first-order valence-corrected chi connectivity index (χ1v) is 6.29. The Balaban J connectivity index is 2.82. The smallest absolute Gasteiger partial charge is 0.242 e. The highest BCUT2D eigenvalue weighted by atomic mass is 16.2. The SMILES string of the molecule is CNC(C)(C)C(=O)N1CC(C)CC(C)C1C. The maximum absolute atomic E-state index is 12.4. The summed E-state index contributed by atoms with van der Waals surface area (Å²) in [6.07, 6.45) is 1.23. The fourth-order valence-corrected chi connectivity index (χ4v) is 2.45. The summed E-state index contributed by atoms with van der Waals surface area (Å²) in [7, 11) is 1.85. The van der Waals surface area contributed by atoms with Crippen LogP contribution >= 0.6 is 0 Å². The number of piperidine rings is 1. The van der Waals surface area contributed by atoms with Crippen molar-refractivity contribution in [1.29, 1.82) is 0 Å². The first-order chi connectivity index (χ1) is 7.29. The molecule has 0 aliphatic carbocycles. The Hall–Kier alpha value is -0.570. The molecule has 3 atom stereocenters. The Morgan fingerprint density at radius 3 is 2.38 bits per heavy atom. The summed E-state index contributed by atoms with van der Waals surface area (Å²) >= 11 is 0. The molecule has 0 radical (unpaired) electrons. The Morgan fingerprint density at radius 2 is 1.88 bits per heavy atom. The van der Waals surface area contributed by atoms with E-state index < -0.39 is 5.54 Å². The zero-order valence-electron chi connectivity index (χ0n) is 11.5. The van der Waals surface area contributed by atoms with Gasteiger partial charge < -0.3 is 10.2 Å². The normalized spacial score (nSPS) is 31.6. The number of carbonyl (C=O) groups excluding carboxylic acids is 1. The van der Waals surface area contributed by atoms with E-state index in [2.05, 4.69) is 31.0 Å². The van der Waals surface area contributed by atoms with Gasteiger partial charge in [0.15, 0.2) is 0 Å². The van der Waals surface area contributed by atoms with Crippen molar-refractivity contribution in [3.8, 4) is 0 Å². The van der Waals surface area contributed by atoms with Crippen molar-refractivity contribution in [2.75, 3.05) is 13.6 Å². The van der Waals surface area contributed by atoms with Crippen LogP contribution in [0.1, 0.15) is 41.0 Å². The monoisotopic (exact) mass is 226 g/mol. The largest absolute Gasteiger partial charge is 0.338 e. The zero-order chi connectivity index (χ0) is 12.5. The van der Waals surface area contributed by atoms with E-state index in [1.54, 1.807) is 0 Å². The topological polar surface area (TPSA) is 32.3 Å². The number of nitrogens with zero attached hydrogens (tertiary/aromatic N) is 1. The Labute approximate surface area is 99.6 Å². The van der Waals surface area contributed by atoms with Crippen LogP contribution in [-0.2, 0) is 4.79 Å². The third kappa shape index (κ3) is 2.57. The van der Waals surface area contributed by atoms with Crippen LogP contribution in [0.25, 0.3) is 0 Å². The molecule has 1 fully saturated rings. The highest BCUT2D eigenvalue weighted by Gasteiger charge is 2.37. The summed E-state index contributed by atoms with van der Waals surface area (Å²) in [6.45, 7) is 11.4. The molecule has 16 heavy (non-hydrogen) atoms. The van der Waals surface area contributed by atoms with Crippen molar-refractivity contribution in [1.82, 2.24) is 10.2 Å². The van der Waals surface area contributed by atoms with Crippen molar-refractivity contribution >= 4 is 5.91 Å². The lowest BCUT2D eigenvalue weighted by molar-refractivity contribution is -0.142. The second-order valence-electron chi connectivity index (χ2n) is 5.89. The van der Waals surface area contributed by atoms with Crippen molar-refractivity contribution in [2.45, 2.75) is 52.6 Å². The van der Waals surface area contributed by atoms with Gasteiger partial charge in [0.1, 0.15) is 0 Å². The number of carbonyl (C=O) groups is 1. The van der Waals surface area contributed by atoms with Gasteiger partial charge in [-0.3, -0.25) is 4.79 Å². The van der Waals surface area contributed by atoms with Crippen LogP contribution in [0.3, 0.4) is 0 Å². The maximum Gasteiger partial charge on any atom is 0.242 e. The quantitative estimate of drug-likeness (QED) is 0.779. The molecule has 1 rings (SSSR count). The number of hydrogen-bond donors (Lipinski definition) is 1. The van der Waals surface area contributed by atoms with E-state index >= 15 is 0 Å². The lowest BCUT2D eigenvalue weighted by Crippen LogP contribution is -2.58. The van der Waals surface area contributed by atoms with Crippen LogP contribution in [0.15, 0.2) is 0 Å². The highest BCUT2D eigenvalue weighted by Crippen LogP contribution is 2.28. The molecule has 1 N–H and O–H groups in total. The summed E-state index contributed by atoms with van der Waals surface area (Å²) in [6, 6.07) is 0.358. The van der Waals surface area contributed by atoms with Crippen molar-refractivity contribution in [3.63, 3.8) is 0 Å². The lowest BCUT2D eigenvalue weighted by Gasteiger charge is -2.44. The van der Waals surface area contributed by atoms with Gasteiger partial charge in [0.05, 0.1) is 5.54 Å². The molecule has 3 unspecified atom stereocenters. The summed E-state index contributed by atoms with van der Waals surface area (Å²) in [5.41, 5.74) is -0.453. The number of likely N-dealkylation sites (tertiary alicyclic amines) is 1. The molecule has 94 valence electrons. The molecule has 1 aliphatic heterocycles. The van der Waals surface area contributed by atoms with Crippen LogP contribution in [0.2, 0.25) is 0 Å². The molecule has 0 aromatic rings. The minimum absolute atomic E-state index is 0.223. The molecule has 0 aromatic heterocycles. The van der Waals surface area contributed by atoms with Crippen LogP contribution in [-0.4, -0.2) is 36.0 Å². The third-order valence-electron chi connectivity index (χ3n) is 4.02. The van der Waals surface area contributed by atoms with Gasteiger partial charge in [-0.15, -0.1) is 0 Å². The molecule has 1 aliphatic rings. The molecule has 1 heterocycles. The van der Waals surface area contributed by atoms with E-state index in [9.17, 15) is 4.79 Å². The average Bonchev–Trinajstić information content (AvgIpc) is 2.22. The first kappa shape index (κ1) is 13.5. The summed E-state index contributed by atoms with van der Waals surface area (Å²) in [5, 5.41) is 3.10. The number of amides is 1. The molecule has 0 aromatic carbocycles. The molecule has 3 heteroatoms. The van der Waals surface area contributed by atoms with Gasteiger partial charge in [-0.1, -0.05) is 13.8 Å². The van der Waals surface area contributed by atoms with Gasteiger partial charge in [-0.05, 0) is 46.1 Å². The van der Waals surface area contributed by atoms with Gasteiger partial charge in [-0.2, -0.15) is 0 Å². The van der Waals surface area contributed by atoms with Crippen molar-refractivity contribution < 1.29 is 4.79 Å². The molecule has 3 nitrogen and oxygen atoms in total. The molecule has 0 bridgehead atoms. The van der Waals surface area contributed by atoms with Gasteiger partial charge >= 0.3 is 0 Å². The van der Waals surface area contributed by atoms with E-state index in [-0.39, 0.29) is 5.91 Å². The Morgan fingerprint density at radius 1 is 1.31 bits per heavy atom. The molecular weight excluding hydrogens is 200 g/mol. The van der Waals surface area contributed by atoms with Gasteiger partial charge in [0.25, 0.3) is 0 Å². The maximum atomic E-state index is 12.4. The fraction of sp³-hybridized carbons (Fsp3) is 0.923. The number of hydrogen-bond acceptors (Lipinski definition) is 2.